The third kappa shape index (κ3) is 3.40. The highest BCUT2D eigenvalue weighted by molar-refractivity contribution is 5.65. The highest BCUT2D eigenvalue weighted by Crippen LogP contribution is 2.18. The Morgan fingerprint density at radius 3 is 2.77 bits per heavy atom. The molecule has 0 aliphatic carbocycles. The Labute approximate surface area is 126 Å². The van der Waals surface area contributed by atoms with E-state index < -0.39 is 6.09 Å². The lowest BCUT2D eigenvalue weighted by Gasteiger charge is -2.29. The Morgan fingerprint density at radius 1 is 1.36 bits per heavy atom. The molecule has 1 N–H and O–H groups in total. The number of hydrogen-bond acceptors (Lipinski definition) is 6. The van der Waals surface area contributed by atoms with Gasteiger partial charge in [0.05, 0.1) is 6.10 Å². The Morgan fingerprint density at radius 2 is 2.09 bits per heavy atom. The maximum atomic E-state index is 10.8. The summed E-state index contributed by atoms with van der Waals surface area (Å²) in [5.74, 6) is 0.911. The third-order valence-electron chi connectivity index (χ3n) is 3.56. The SMILES string of the molecule is O=C(O)N1CCC(OCc2noc(-c3ccncc3)n2)CC1. The zero-order valence-electron chi connectivity index (χ0n) is 11.9. The van der Waals surface area contributed by atoms with E-state index in [2.05, 4.69) is 15.1 Å². The number of carboxylic acid groups (broad SMARTS) is 1. The van der Waals surface area contributed by atoms with Gasteiger partial charge in [0.25, 0.3) is 5.89 Å². The molecule has 0 spiro atoms. The van der Waals surface area contributed by atoms with Gasteiger partial charge in [0, 0.05) is 31.0 Å². The molecule has 2 aromatic rings. The van der Waals surface area contributed by atoms with Gasteiger partial charge in [0.15, 0.2) is 5.82 Å². The van der Waals surface area contributed by atoms with Crippen LogP contribution in [0.15, 0.2) is 29.0 Å². The summed E-state index contributed by atoms with van der Waals surface area (Å²) in [7, 11) is 0. The molecule has 2 aromatic heterocycles. The van der Waals surface area contributed by atoms with Crippen molar-refractivity contribution in [3.05, 3.63) is 30.4 Å². The van der Waals surface area contributed by atoms with Crippen molar-refractivity contribution in [2.75, 3.05) is 13.1 Å². The molecule has 22 heavy (non-hydrogen) atoms. The molecule has 0 unspecified atom stereocenters. The Bertz CT molecular complexity index is 623. The van der Waals surface area contributed by atoms with Gasteiger partial charge >= 0.3 is 6.09 Å². The number of likely N-dealkylation sites (tertiary alicyclic amines) is 1. The molecule has 8 nitrogen and oxygen atoms in total. The van der Waals surface area contributed by atoms with Crippen LogP contribution in [-0.4, -0.2) is 50.4 Å². The summed E-state index contributed by atoms with van der Waals surface area (Å²) < 4.78 is 10.9. The van der Waals surface area contributed by atoms with Crippen molar-refractivity contribution in [2.24, 2.45) is 0 Å². The molecular formula is C14H16N4O4. The molecule has 0 radical (unpaired) electrons. The van der Waals surface area contributed by atoms with Crippen LogP contribution in [0.2, 0.25) is 0 Å². The van der Waals surface area contributed by atoms with Crippen molar-refractivity contribution in [2.45, 2.75) is 25.6 Å². The second-order valence-corrected chi connectivity index (χ2v) is 5.03. The number of rotatable bonds is 4. The Balaban J connectivity index is 1.51. The Hall–Kier alpha value is -2.48. The number of carbonyl (C=O) groups is 1. The average molecular weight is 304 g/mol. The minimum atomic E-state index is -0.876. The van der Waals surface area contributed by atoms with E-state index in [1.54, 1.807) is 24.5 Å². The summed E-state index contributed by atoms with van der Waals surface area (Å²) in [5, 5.41) is 12.8. The normalized spacial score (nSPS) is 15.9. The molecule has 0 saturated carbocycles. The summed E-state index contributed by atoms with van der Waals surface area (Å²) >= 11 is 0. The van der Waals surface area contributed by atoms with Crippen molar-refractivity contribution < 1.29 is 19.2 Å². The van der Waals surface area contributed by atoms with Gasteiger partial charge in [-0.05, 0) is 25.0 Å². The van der Waals surface area contributed by atoms with Gasteiger partial charge in [0.2, 0.25) is 0 Å². The molecule has 8 heteroatoms. The van der Waals surface area contributed by atoms with Crippen LogP contribution >= 0.6 is 0 Å². The molecule has 0 bridgehead atoms. The maximum Gasteiger partial charge on any atom is 0.407 e. The molecule has 3 rings (SSSR count). The molecule has 116 valence electrons. The first-order valence-electron chi connectivity index (χ1n) is 7.05. The van der Waals surface area contributed by atoms with Crippen molar-refractivity contribution >= 4 is 6.09 Å². The first-order valence-corrected chi connectivity index (χ1v) is 7.05. The fourth-order valence-electron chi connectivity index (χ4n) is 2.33. The van der Waals surface area contributed by atoms with E-state index in [1.807, 2.05) is 0 Å². The maximum absolute atomic E-state index is 10.8. The van der Waals surface area contributed by atoms with Gasteiger partial charge in [-0.25, -0.2) is 4.79 Å². The summed E-state index contributed by atoms with van der Waals surface area (Å²) in [4.78, 5) is 20.4. The summed E-state index contributed by atoms with van der Waals surface area (Å²) in [6, 6.07) is 3.58. The number of hydrogen-bond donors (Lipinski definition) is 1. The van der Waals surface area contributed by atoms with Gasteiger partial charge < -0.3 is 19.3 Å². The predicted octanol–water partition coefficient (Wildman–Crippen LogP) is 1.79. The van der Waals surface area contributed by atoms with E-state index in [0.717, 1.165) is 5.56 Å². The summed E-state index contributed by atoms with van der Waals surface area (Å²) in [6.07, 6.45) is 3.83. The van der Waals surface area contributed by atoms with E-state index in [4.69, 9.17) is 14.4 Å². The second kappa shape index (κ2) is 6.52. The van der Waals surface area contributed by atoms with E-state index in [9.17, 15) is 4.79 Å². The van der Waals surface area contributed by atoms with Crippen LogP contribution in [0.5, 0.6) is 0 Å². The lowest BCUT2D eigenvalue weighted by atomic mass is 10.1. The lowest BCUT2D eigenvalue weighted by molar-refractivity contribution is -0.00294. The van der Waals surface area contributed by atoms with Crippen LogP contribution in [0.3, 0.4) is 0 Å². The Kier molecular flexibility index (Phi) is 4.29. The van der Waals surface area contributed by atoms with Gasteiger partial charge in [-0.3, -0.25) is 4.98 Å². The second-order valence-electron chi connectivity index (χ2n) is 5.03. The van der Waals surface area contributed by atoms with E-state index in [1.165, 1.54) is 4.90 Å². The number of nitrogens with zero attached hydrogens (tertiary/aromatic N) is 4. The minimum absolute atomic E-state index is 0.0264. The van der Waals surface area contributed by atoms with E-state index in [-0.39, 0.29) is 12.7 Å². The molecule has 0 aromatic carbocycles. The van der Waals surface area contributed by atoms with Crippen LogP contribution in [-0.2, 0) is 11.3 Å². The van der Waals surface area contributed by atoms with Crippen molar-refractivity contribution in [3.8, 4) is 11.5 Å². The van der Waals surface area contributed by atoms with Gasteiger partial charge in [-0.1, -0.05) is 5.16 Å². The van der Waals surface area contributed by atoms with Crippen LogP contribution in [0.25, 0.3) is 11.5 Å². The van der Waals surface area contributed by atoms with Crippen LogP contribution in [0.4, 0.5) is 4.79 Å². The van der Waals surface area contributed by atoms with E-state index in [0.29, 0.717) is 37.6 Å². The number of amides is 1. The van der Waals surface area contributed by atoms with Gasteiger partial charge in [-0.15, -0.1) is 0 Å². The van der Waals surface area contributed by atoms with Gasteiger partial charge in [0.1, 0.15) is 6.61 Å². The fourth-order valence-corrected chi connectivity index (χ4v) is 2.33. The largest absolute Gasteiger partial charge is 0.465 e. The number of piperidine rings is 1. The molecule has 1 amide bonds. The molecule has 1 aliphatic rings. The first kappa shape index (κ1) is 14.5. The fraction of sp³-hybridized carbons (Fsp3) is 0.429. The highest BCUT2D eigenvalue weighted by atomic mass is 16.5. The first-order chi connectivity index (χ1) is 10.7. The standard InChI is InChI=1S/C14H16N4O4/c19-14(20)18-7-3-11(4-8-18)21-9-12-16-13(22-17-12)10-1-5-15-6-2-10/h1-2,5-6,11H,3-4,7-9H2,(H,19,20). The average Bonchev–Trinajstić information content (AvgIpc) is 3.03. The monoisotopic (exact) mass is 304 g/mol. The molecule has 3 heterocycles. The zero-order chi connectivity index (χ0) is 15.4. The van der Waals surface area contributed by atoms with Crippen molar-refractivity contribution in [1.29, 1.82) is 0 Å². The molecule has 1 fully saturated rings. The van der Waals surface area contributed by atoms with Gasteiger partial charge in [-0.2, -0.15) is 4.98 Å². The van der Waals surface area contributed by atoms with Crippen LogP contribution < -0.4 is 0 Å². The van der Waals surface area contributed by atoms with E-state index >= 15 is 0 Å². The zero-order valence-corrected chi connectivity index (χ0v) is 11.9. The minimum Gasteiger partial charge on any atom is -0.465 e. The molecule has 0 atom stereocenters. The van der Waals surface area contributed by atoms with Crippen molar-refractivity contribution in [1.82, 2.24) is 20.0 Å². The number of ether oxygens (including phenoxy) is 1. The molecule has 1 saturated heterocycles. The van der Waals surface area contributed by atoms with Crippen LogP contribution in [0.1, 0.15) is 18.7 Å². The van der Waals surface area contributed by atoms with Crippen molar-refractivity contribution in [3.63, 3.8) is 0 Å². The summed E-state index contributed by atoms with van der Waals surface area (Å²) in [5.41, 5.74) is 0.809. The lowest BCUT2D eigenvalue weighted by Crippen LogP contribution is -2.40. The highest BCUT2D eigenvalue weighted by Gasteiger charge is 2.23. The topological polar surface area (TPSA) is 102 Å². The molecular weight excluding hydrogens is 288 g/mol. The smallest absolute Gasteiger partial charge is 0.407 e. The predicted molar refractivity (Wildman–Crippen MR) is 74.9 cm³/mol. The quantitative estimate of drug-likeness (QED) is 0.918. The summed E-state index contributed by atoms with van der Waals surface area (Å²) in [6.45, 7) is 1.25. The number of pyridine rings is 1. The molecule has 1 aliphatic heterocycles. The third-order valence-corrected chi connectivity index (χ3v) is 3.56. The number of aromatic nitrogens is 3. The van der Waals surface area contributed by atoms with Crippen LogP contribution in [0, 0.1) is 0 Å².